The van der Waals surface area contributed by atoms with Crippen molar-refractivity contribution in [3.8, 4) is 0 Å². The molecule has 0 saturated carbocycles. The van der Waals surface area contributed by atoms with Crippen molar-refractivity contribution >= 4 is 7.81 Å². The van der Waals surface area contributed by atoms with Crippen LogP contribution in [0.15, 0.2) is 48.6 Å². The summed E-state index contributed by atoms with van der Waals surface area (Å²) in [6, 6.07) is 10.5. The summed E-state index contributed by atoms with van der Waals surface area (Å²) in [6.45, 7) is 4.41. The van der Waals surface area contributed by atoms with Gasteiger partial charge in [-0.1, -0.05) is 44.2 Å². The van der Waals surface area contributed by atoms with Gasteiger partial charge in [0.1, 0.15) is 0 Å². The van der Waals surface area contributed by atoms with Crippen LogP contribution < -0.4 is 0 Å². The summed E-state index contributed by atoms with van der Waals surface area (Å²) in [5, 5.41) is 0. The van der Waals surface area contributed by atoms with E-state index in [4.69, 9.17) is 0 Å². The Balaban J connectivity index is 0. The van der Waals surface area contributed by atoms with E-state index in [0.717, 1.165) is 6.42 Å². The van der Waals surface area contributed by atoms with E-state index in [2.05, 4.69) is 50.3 Å². The van der Waals surface area contributed by atoms with Crippen LogP contribution in [0.1, 0.15) is 31.7 Å². The quantitative estimate of drug-likeness (QED) is 0.203. The largest absolute Gasteiger partial charge is 2.00 e. The molecule has 8 heteroatoms. The molecule has 0 heterocycles. The third-order valence-electron chi connectivity index (χ3n) is 2.05. The summed E-state index contributed by atoms with van der Waals surface area (Å²) in [5.74, 6) is 0.659. The van der Waals surface area contributed by atoms with Crippen LogP contribution in [-0.2, 0) is 17.1 Å². The van der Waals surface area contributed by atoms with Gasteiger partial charge >= 0.3 is 50.1 Å². The van der Waals surface area contributed by atoms with Gasteiger partial charge in [-0.25, -0.2) is 12.2 Å². The van der Waals surface area contributed by atoms with Gasteiger partial charge in [-0.2, -0.15) is 6.08 Å². The predicted octanol–water partition coefficient (Wildman–Crippen LogP) is 7.50. The second kappa shape index (κ2) is 8.19. The average Bonchev–Trinajstić information content (AvgIpc) is 2.84. The van der Waals surface area contributed by atoms with Crippen LogP contribution in [0.25, 0.3) is 0 Å². The Morgan fingerprint density at radius 1 is 0.955 bits per heavy atom. The molecule has 0 atom stereocenters. The molecule has 1 aliphatic rings. The molecule has 22 heavy (non-hydrogen) atoms. The van der Waals surface area contributed by atoms with Crippen LogP contribution in [0.4, 0.5) is 25.2 Å². The van der Waals surface area contributed by atoms with Crippen LogP contribution in [0, 0.1) is 6.08 Å². The first-order chi connectivity index (χ1) is 9.25. The molecule has 2 rings (SSSR count). The second-order valence-corrected chi connectivity index (χ2v) is 6.44. The third kappa shape index (κ3) is 24.3. The van der Waals surface area contributed by atoms with Crippen molar-refractivity contribution in [1.29, 1.82) is 0 Å². The number of rotatable bonds is 1. The average molecular weight is 386 g/mol. The zero-order valence-electron chi connectivity index (χ0n) is 12.0. The third-order valence-corrected chi connectivity index (χ3v) is 2.05. The summed E-state index contributed by atoms with van der Waals surface area (Å²) in [7, 11) is -10.7. The number of allylic oxidation sites excluding steroid dienone is 4. The standard InChI is InChI=1S/C9H12.C5H5.F6P.Fe/c1-8(2)9-6-4-3-5-7-9;1-2-4-5-3-1;1-7(2,3,4,5)6;/h3-8H,1-2H3;1-3H,4H2;;/q;2*-1;+2. The van der Waals surface area contributed by atoms with Crippen molar-refractivity contribution in [3.63, 3.8) is 0 Å². The SMILES string of the molecule is CC(C)c1ccccc1.F[P-](F)(F)(F)(F)F.[C-]1=CC=CC1.[Fe+2]. The van der Waals surface area contributed by atoms with Gasteiger partial charge in [-0.15, -0.1) is 6.42 Å². The van der Waals surface area contributed by atoms with E-state index in [-0.39, 0.29) is 17.1 Å². The maximum Gasteiger partial charge on any atom is 2.00 e. The molecule has 0 unspecified atom stereocenters. The minimum atomic E-state index is -10.7. The van der Waals surface area contributed by atoms with E-state index in [9.17, 15) is 25.2 Å². The minimum Gasteiger partial charge on any atom is -0.273 e. The molecule has 0 aromatic heterocycles. The molecule has 0 fully saturated rings. The maximum atomic E-state index is 9.87. The summed E-state index contributed by atoms with van der Waals surface area (Å²) >= 11 is 0. The summed E-state index contributed by atoms with van der Waals surface area (Å²) in [5.41, 5.74) is 1.41. The summed E-state index contributed by atoms with van der Waals surface area (Å²) in [4.78, 5) is 0. The van der Waals surface area contributed by atoms with Crippen molar-refractivity contribution in [2.75, 3.05) is 0 Å². The minimum absolute atomic E-state index is 0. The molecule has 0 N–H and O–H groups in total. The molecule has 128 valence electrons. The maximum absolute atomic E-state index is 10.7. The molecule has 0 saturated heterocycles. The number of benzene rings is 1. The normalized spacial score (nSPS) is 15.5. The molecule has 0 bridgehead atoms. The van der Waals surface area contributed by atoms with Crippen LogP contribution in [0.5, 0.6) is 0 Å². The Kier molecular flexibility index (Phi) is 8.74. The summed E-state index contributed by atoms with van der Waals surface area (Å²) in [6.07, 6.45) is 10.0. The van der Waals surface area contributed by atoms with Gasteiger partial charge in [0.05, 0.1) is 0 Å². The van der Waals surface area contributed by atoms with Gasteiger partial charge in [-0.05, 0) is 11.5 Å². The van der Waals surface area contributed by atoms with Crippen LogP contribution in [0.2, 0.25) is 0 Å². The first-order valence-corrected chi connectivity index (χ1v) is 8.11. The molecule has 0 spiro atoms. The molecule has 0 aliphatic heterocycles. The van der Waals surface area contributed by atoms with Crippen molar-refractivity contribution in [3.05, 3.63) is 60.2 Å². The van der Waals surface area contributed by atoms with Gasteiger partial charge in [-0.3, -0.25) is 6.08 Å². The second-order valence-electron chi connectivity index (χ2n) is 4.53. The van der Waals surface area contributed by atoms with Crippen LogP contribution in [0.3, 0.4) is 0 Å². The zero-order chi connectivity index (χ0) is 16.6. The molecular formula is C14H17F6FeP. The number of hydrogen-bond acceptors (Lipinski definition) is 0. The van der Waals surface area contributed by atoms with Gasteiger partial charge in [0.25, 0.3) is 0 Å². The van der Waals surface area contributed by atoms with Gasteiger partial charge in [0, 0.05) is 0 Å². The van der Waals surface area contributed by atoms with Gasteiger partial charge < -0.3 is 0 Å². The topological polar surface area (TPSA) is 0 Å². The van der Waals surface area contributed by atoms with E-state index in [1.54, 1.807) is 0 Å². The van der Waals surface area contributed by atoms with Crippen molar-refractivity contribution in [2.24, 2.45) is 0 Å². The van der Waals surface area contributed by atoms with E-state index < -0.39 is 7.81 Å². The first-order valence-electron chi connectivity index (χ1n) is 6.09. The van der Waals surface area contributed by atoms with Crippen molar-refractivity contribution in [2.45, 2.75) is 26.2 Å². The first kappa shape index (κ1) is 23.5. The predicted molar refractivity (Wildman–Crippen MR) is 75.7 cm³/mol. The molecule has 1 aliphatic carbocycles. The van der Waals surface area contributed by atoms with E-state index in [0.29, 0.717) is 5.92 Å². The fraction of sp³-hybridized carbons (Fsp3) is 0.286. The van der Waals surface area contributed by atoms with E-state index in [1.165, 1.54) is 5.56 Å². The van der Waals surface area contributed by atoms with Crippen LogP contribution >= 0.6 is 7.81 Å². The Labute approximate surface area is 137 Å². The van der Waals surface area contributed by atoms with Crippen molar-refractivity contribution in [1.82, 2.24) is 0 Å². The monoisotopic (exact) mass is 386 g/mol. The molecule has 1 aromatic rings. The van der Waals surface area contributed by atoms with E-state index >= 15 is 0 Å². The Bertz CT molecular complexity index is 455. The Hall–Kier alpha value is -0.771. The number of hydrogen-bond donors (Lipinski definition) is 0. The Morgan fingerprint density at radius 3 is 1.59 bits per heavy atom. The molecule has 0 amide bonds. The van der Waals surface area contributed by atoms with Crippen molar-refractivity contribution < 1.29 is 42.3 Å². The van der Waals surface area contributed by atoms with Gasteiger partial charge in [0.15, 0.2) is 0 Å². The van der Waals surface area contributed by atoms with E-state index in [1.807, 2.05) is 18.2 Å². The smallest absolute Gasteiger partial charge is 0.273 e. The Morgan fingerprint density at radius 2 is 1.41 bits per heavy atom. The fourth-order valence-corrected chi connectivity index (χ4v) is 1.18. The zero-order valence-corrected chi connectivity index (χ0v) is 14.0. The number of halogens is 6. The fourth-order valence-electron chi connectivity index (χ4n) is 1.18. The molecule has 0 nitrogen and oxygen atoms in total. The van der Waals surface area contributed by atoms with Crippen LogP contribution in [-0.4, -0.2) is 0 Å². The molecule has 1 aromatic carbocycles. The summed E-state index contributed by atoms with van der Waals surface area (Å²) < 4.78 is 59.2. The molecular weight excluding hydrogens is 369 g/mol. The van der Waals surface area contributed by atoms with Gasteiger partial charge in [0.2, 0.25) is 0 Å². The molecule has 0 radical (unpaired) electrons.